The van der Waals surface area contributed by atoms with Gasteiger partial charge in [-0.05, 0) is 53.6 Å². The Morgan fingerprint density at radius 1 is 1.05 bits per heavy atom. The van der Waals surface area contributed by atoms with Crippen LogP contribution in [0.1, 0.15) is 17.0 Å². The van der Waals surface area contributed by atoms with Crippen molar-refractivity contribution in [1.82, 2.24) is 9.40 Å². The normalized spacial score (nSPS) is 16.2. The molecule has 0 fully saturated rings. The molecule has 0 amide bonds. The van der Waals surface area contributed by atoms with E-state index >= 15 is 0 Å². The van der Waals surface area contributed by atoms with Gasteiger partial charge in [-0.25, -0.2) is 0 Å². The van der Waals surface area contributed by atoms with E-state index in [9.17, 15) is 18.3 Å². The summed E-state index contributed by atoms with van der Waals surface area (Å²) in [7, 11) is 3.33. The first-order valence-corrected chi connectivity index (χ1v) is 12.9. The number of hydrazine groups is 1. The molecule has 2 N–H and O–H groups in total. The highest BCUT2D eigenvalue weighted by atomic mass is 32.2. The lowest BCUT2D eigenvalue weighted by Gasteiger charge is -2.40. The third-order valence-corrected chi connectivity index (χ3v) is 7.93. The van der Waals surface area contributed by atoms with Crippen LogP contribution in [0.3, 0.4) is 0 Å². The summed E-state index contributed by atoms with van der Waals surface area (Å²) in [6, 6.07) is 22.4. The molecule has 0 spiro atoms. The van der Waals surface area contributed by atoms with Gasteiger partial charge in [0, 0.05) is 30.1 Å². The first-order valence-electron chi connectivity index (χ1n) is 12.0. The highest BCUT2D eigenvalue weighted by Gasteiger charge is 2.59. The van der Waals surface area contributed by atoms with Gasteiger partial charge in [0.2, 0.25) is 5.72 Å². The molecule has 4 aromatic rings. The lowest BCUT2D eigenvalue weighted by Crippen LogP contribution is -2.57. The predicted octanol–water partition coefficient (Wildman–Crippen LogP) is 6.21. The maximum atomic E-state index is 14.9. The minimum absolute atomic E-state index is 0.0719. The maximum absolute atomic E-state index is 14.9. The van der Waals surface area contributed by atoms with Crippen molar-refractivity contribution in [2.75, 3.05) is 30.2 Å². The Kier molecular flexibility index (Phi) is 7.13. The van der Waals surface area contributed by atoms with E-state index in [1.807, 2.05) is 40.7 Å². The number of benzene rings is 3. The molecule has 198 valence electrons. The molecule has 2 unspecified atom stereocenters. The molecule has 6 nitrogen and oxygen atoms in total. The van der Waals surface area contributed by atoms with Crippen molar-refractivity contribution in [2.24, 2.45) is 0 Å². The Morgan fingerprint density at radius 2 is 1.84 bits per heavy atom. The van der Waals surface area contributed by atoms with Gasteiger partial charge < -0.3 is 15.2 Å². The molecule has 38 heavy (non-hydrogen) atoms. The molecule has 0 saturated carbocycles. The molecule has 10 heteroatoms. The van der Waals surface area contributed by atoms with E-state index in [0.717, 1.165) is 11.3 Å². The van der Waals surface area contributed by atoms with Crippen LogP contribution >= 0.6 is 11.9 Å². The van der Waals surface area contributed by atoms with Crippen LogP contribution in [0, 0.1) is 0 Å². The number of halogens is 3. The molecule has 1 aliphatic heterocycles. The SMILES string of the molecule is COc1cccc(C(CSN2Cc3ccccc3N2C)C(O)(Nc2cccc3ncccc23)C(F)(F)F)c1. The Morgan fingerprint density at radius 3 is 2.61 bits per heavy atom. The van der Waals surface area contributed by atoms with Gasteiger partial charge in [-0.3, -0.25) is 9.99 Å². The number of nitrogens with one attached hydrogen (secondary N) is 1. The van der Waals surface area contributed by atoms with Crippen molar-refractivity contribution in [3.8, 4) is 5.75 Å². The topological polar surface area (TPSA) is 60.9 Å². The zero-order valence-electron chi connectivity index (χ0n) is 20.8. The average molecular weight is 541 g/mol. The van der Waals surface area contributed by atoms with Gasteiger partial charge in [0.25, 0.3) is 0 Å². The van der Waals surface area contributed by atoms with Gasteiger partial charge >= 0.3 is 6.18 Å². The lowest BCUT2D eigenvalue weighted by atomic mass is 9.88. The molecule has 0 radical (unpaired) electrons. The number of hydrogen-bond acceptors (Lipinski definition) is 7. The first-order chi connectivity index (χ1) is 18.2. The fraction of sp³-hybridized carbons (Fsp3) is 0.250. The first kappa shape index (κ1) is 26.1. The van der Waals surface area contributed by atoms with Crippen LogP contribution in [-0.4, -0.2) is 46.3 Å². The van der Waals surface area contributed by atoms with E-state index in [-0.39, 0.29) is 11.4 Å². The fourth-order valence-corrected chi connectivity index (χ4v) is 5.96. The van der Waals surface area contributed by atoms with Crippen LogP contribution in [-0.2, 0) is 6.54 Å². The number of nitrogens with zero attached hydrogens (tertiary/aromatic N) is 3. The van der Waals surface area contributed by atoms with E-state index in [4.69, 9.17) is 4.74 Å². The van der Waals surface area contributed by atoms with Crippen LogP contribution in [0.5, 0.6) is 5.75 Å². The number of aliphatic hydroxyl groups is 1. The summed E-state index contributed by atoms with van der Waals surface area (Å²) in [5.74, 6) is -1.06. The fourth-order valence-electron chi connectivity index (χ4n) is 4.71. The summed E-state index contributed by atoms with van der Waals surface area (Å²) in [4.78, 5) is 4.24. The molecule has 2 heterocycles. The third kappa shape index (κ3) is 4.87. The van der Waals surface area contributed by atoms with Crippen LogP contribution in [0.25, 0.3) is 10.9 Å². The van der Waals surface area contributed by atoms with Gasteiger partial charge in [-0.1, -0.05) is 48.3 Å². The van der Waals surface area contributed by atoms with E-state index in [1.54, 1.807) is 48.7 Å². The zero-order valence-corrected chi connectivity index (χ0v) is 21.6. The molecule has 0 saturated heterocycles. The van der Waals surface area contributed by atoms with Gasteiger partial charge in [0.15, 0.2) is 0 Å². The smallest absolute Gasteiger partial charge is 0.437 e. The summed E-state index contributed by atoms with van der Waals surface area (Å²) in [6.45, 7) is 0.537. The highest BCUT2D eigenvalue weighted by molar-refractivity contribution is 7.97. The molecular formula is C28H27F3N4O2S. The van der Waals surface area contributed by atoms with Crippen molar-refractivity contribution >= 4 is 34.2 Å². The minimum Gasteiger partial charge on any atom is -0.497 e. The lowest BCUT2D eigenvalue weighted by molar-refractivity contribution is -0.254. The number of methoxy groups -OCH3 is 1. The summed E-state index contributed by atoms with van der Waals surface area (Å²) >= 11 is 1.23. The summed E-state index contributed by atoms with van der Waals surface area (Å²) in [5, 5.41) is 16.5. The van der Waals surface area contributed by atoms with E-state index in [0.29, 0.717) is 28.8 Å². The number of rotatable bonds is 8. The monoisotopic (exact) mass is 540 g/mol. The van der Waals surface area contributed by atoms with Gasteiger partial charge in [-0.2, -0.15) is 17.6 Å². The van der Waals surface area contributed by atoms with Crippen molar-refractivity contribution in [3.63, 3.8) is 0 Å². The second-order valence-electron chi connectivity index (χ2n) is 9.05. The summed E-state index contributed by atoms with van der Waals surface area (Å²) in [6.07, 6.45) is -3.45. The number of alkyl halides is 3. The van der Waals surface area contributed by atoms with Gasteiger partial charge in [0.1, 0.15) is 5.75 Å². The van der Waals surface area contributed by atoms with Crippen LogP contribution in [0.2, 0.25) is 0 Å². The van der Waals surface area contributed by atoms with Crippen molar-refractivity contribution in [3.05, 3.63) is 96.2 Å². The molecular weight excluding hydrogens is 513 g/mol. The quantitative estimate of drug-likeness (QED) is 0.204. The Bertz CT molecular complexity index is 1430. The standard InChI is InChI=1S/C28H27F3N4O2S/c1-34-26-14-4-3-8-20(26)17-35(34)38-18-23(19-9-5-10-21(16-19)37-2)27(36,28(29,30)31)33-25-13-6-12-24-22(25)11-7-15-32-24/h3-16,23,33,36H,17-18H2,1-2H3. The number of ether oxygens (including phenoxy) is 1. The van der Waals surface area contributed by atoms with E-state index in [1.165, 1.54) is 31.2 Å². The number of fused-ring (bicyclic) bond motifs is 2. The van der Waals surface area contributed by atoms with Crippen LogP contribution < -0.4 is 15.1 Å². The predicted molar refractivity (Wildman–Crippen MR) is 145 cm³/mol. The second kappa shape index (κ2) is 10.4. The number of hydrogen-bond donors (Lipinski definition) is 2. The third-order valence-electron chi connectivity index (χ3n) is 6.77. The Hall–Kier alpha value is -3.47. The Balaban J connectivity index is 1.54. The number of para-hydroxylation sites is 1. The van der Waals surface area contributed by atoms with Gasteiger partial charge in [0.05, 0.1) is 30.8 Å². The summed E-state index contributed by atoms with van der Waals surface area (Å²) in [5.41, 5.74) is -0.285. The molecule has 3 aromatic carbocycles. The Labute approximate surface area is 223 Å². The minimum atomic E-state index is -5.02. The van der Waals surface area contributed by atoms with Gasteiger partial charge in [-0.15, -0.1) is 0 Å². The summed E-state index contributed by atoms with van der Waals surface area (Å²) < 4.78 is 51.9. The number of pyridine rings is 1. The molecule has 5 rings (SSSR count). The molecule has 2 atom stereocenters. The van der Waals surface area contributed by atoms with Crippen molar-refractivity contribution < 1.29 is 23.0 Å². The molecule has 0 bridgehead atoms. The highest BCUT2D eigenvalue weighted by Crippen LogP contribution is 2.46. The molecule has 1 aromatic heterocycles. The van der Waals surface area contributed by atoms with Crippen molar-refractivity contribution in [2.45, 2.75) is 24.4 Å². The van der Waals surface area contributed by atoms with Crippen molar-refractivity contribution in [1.29, 1.82) is 0 Å². The van der Waals surface area contributed by atoms with Crippen LogP contribution in [0.15, 0.2) is 85.1 Å². The largest absolute Gasteiger partial charge is 0.497 e. The second-order valence-corrected chi connectivity index (χ2v) is 10.1. The number of anilines is 2. The molecule has 0 aliphatic carbocycles. The van der Waals surface area contributed by atoms with E-state index in [2.05, 4.69) is 10.3 Å². The zero-order chi connectivity index (χ0) is 26.9. The number of aromatic nitrogens is 1. The average Bonchev–Trinajstić information content (AvgIpc) is 3.24. The molecule has 1 aliphatic rings. The maximum Gasteiger partial charge on any atom is 0.437 e. The van der Waals surface area contributed by atoms with Crippen LogP contribution in [0.4, 0.5) is 24.5 Å². The van der Waals surface area contributed by atoms with E-state index < -0.39 is 17.8 Å².